The first-order chi connectivity index (χ1) is 11.1. The van der Waals surface area contributed by atoms with Crippen LogP contribution in [0.25, 0.3) is 0 Å². The molecular formula is C16H20N2O5. The summed E-state index contributed by atoms with van der Waals surface area (Å²) in [6.45, 7) is 1.07. The molecule has 1 aliphatic carbocycles. The lowest BCUT2D eigenvalue weighted by Gasteiger charge is -2.39. The molecule has 1 amide bonds. The standard InChI is InChI=1S/C16H20N2O5/c19-10-11-1-4-17-15(7-11)23-14-8-13(9-14)22-12-2-5-18(6-3-12)16(20)21/h1,4,7,10,12-14H,2-3,5-6,8-9H2,(H,20,21). The Labute approximate surface area is 134 Å². The van der Waals surface area contributed by atoms with Crippen molar-refractivity contribution in [3.63, 3.8) is 0 Å². The molecule has 1 aromatic rings. The summed E-state index contributed by atoms with van der Waals surface area (Å²) in [5, 5.41) is 8.92. The van der Waals surface area contributed by atoms with Crippen LogP contribution in [0.15, 0.2) is 18.3 Å². The van der Waals surface area contributed by atoms with E-state index in [0.717, 1.165) is 32.0 Å². The number of pyridine rings is 1. The van der Waals surface area contributed by atoms with Gasteiger partial charge in [-0.2, -0.15) is 0 Å². The fourth-order valence-electron chi connectivity index (χ4n) is 2.91. The summed E-state index contributed by atoms with van der Waals surface area (Å²) >= 11 is 0. The number of hydrogen-bond acceptors (Lipinski definition) is 5. The Morgan fingerprint density at radius 3 is 2.65 bits per heavy atom. The molecule has 7 heteroatoms. The first kappa shape index (κ1) is 15.7. The lowest BCUT2D eigenvalue weighted by molar-refractivity contribution is -0.109. The smallest absolute Gasteiger partial charge is 0.407 e. The number of piperidine rings is 1. The summed E-state index contributed by atoms with van der Waals surface area (Å²) < 4.78 is 11.7. The molecule has 7 nitrogen and oxygen atoms in total. The summed E-state index contributed by atoms with van der Waals surface area (Å²) in [4.78, 5) is 27.1. The number of likely N-dealkylation sites (tertiary alicyclic amines) is 1. The second-order valence-electron chi connectivity index (χ2n) is 5.98. The van der Waals surface area contributed by atoms with Gasteiger partial charge in [-0.05, 0) is 18.9 Å². The van der Waals surface area contributed by atoms with E-state index in [4.69, 9.17) is 14.6 Å². The molecule has 23 heavy (non-hydrogen) atoms. The predicted molar refractivity (Wildman–Crippen MR) is 80.8 cm³/mol. The minimum atomic E-state index is -0.856. The Kier molecular flexibility index (Phi) is 4.76. The maximum atomic E-state index is 10.9. The first-order valence-corrected chi connectivity index (χ1v) is 7.85. The van der Waals surface area contributed by atoms with Gasteiger partial charge >= 0.3 is 6.09 Å². The van der Waals surface area contributed by atoms with E-state index in [1.807, 2.05) is 0 Å². The van der Waals surface area contributed by atoms with E-state index in [1.165, 1.54) is 4.90 Å². The van der Waals surface area contributed by atoms with Gasteiger partial charge in [-0.25, -0.2) is 9.78 Å². The molecule has 2 heterocycles. The van der Waals surface area contributed by atoms with Gasteiger partial charge in [0.15, 0.2) is 0 Å². The van der Waals surface area contributed by atoms with E-state index in [-0.39, 0.29) is 18.3 Å². The van der Waals surface area contributed by atoms with E-state index < -0.39 is 6.09 Å². The molecule has 1 aliphatic heterocycles. The number of rotatable bonds is 5. The van der Waals surface area contributed by atoms with E-state index in [1.54, 1.807) is 18.3 Å². The molecular weight excluding hydrogens is 300 g/mol. The highest BCUT2D eigenvalue weighted by Gasteiger charge is 2.35. The number of aldehydes is 1. The van der Waals surface area contributed by atoms with Crippen LogP contribution in [0.5, 0.6) is 5.88 Å². The minimum Gasteiger partial charge on any atom is -0.474 e. The zero-order valence-corrected chi connectivity index (χ0v) is 12.8. The third-order valence-electron chi connectivity index (χ3n) is 4.33. The molecule has 1 aromatic heterocycles. The van der Waals surface area contributed by atoms with Crippen molar-refractivity contribution in [3.8, 4) is 5.88 Å². The third kappa shape index (κ3) is 3.98. The molecule has 1 saturated carbocycles. The van der Waals surface area contributed by atoms with Crippen molar-refractivity contribution < 1.29 is 24.2 Å². The Bertz CT molecular complexity index is 565. The van der Waals surface area contributed by atoms with Crippen molar-refractivity contribution in [2.45, 2.75) is 44.0 Å². The highest BCUT2D eigenvalue weighted by Crippen LogP contribution is 2.30. The second-order valence-corrected chi connectivity index (χ2v) is 5.98. The van der Waals surface area contributed by atoms with Crippen LogP contribution in [0.2, 0.25) is 0 Å². The van der Waals surface area contributed by atoms with Gasteiger partial charge < -0.3 is 19.5 Å². The number of hydrogen-bond donors (Lipinski definition) is 1. The highest BCUT2D eigenvalue weighted by molar-refractivity contribution is 5.74. The van der Waals surface area contributed by atoms with E-state index >= 15 is 0 Å². The first-order valence-electron chi connectivity index (χ1n) is 7.85. The Balaban J connectivity index is 1.38. The van der Waals surface area contributed by atoms with Crippen LogP contribution in [0.3, 0.4) is 0 Å². The number of carbonyl (C=O) groups excluding carboxylic acids is 1. The molecule has 0 aromatic carbocycles. The number of carboxylic acid groups (broad SMARTS) is 1. The van der Waals surface area contributed by atoms with Gasteiger partial charge in [0.1, 0.15) is 12.4 Å². The van der Waals surface area contributed by atoms with Crippen molar-refractivity contribution in [2.24, 2.45) is 0 Å². The second kappa shape index (κ2) is 6.95. The van der Waals surface area contributed by atoms with E-state index in [9.17, 15) is 9.59 Å². The quantitative estimate of drug-likeness (QED) is 0.834. The maximum Gasteiger partial charge on any atom is 0.407 e. The molecule has 2 aliphatic rings. The predicted octanol–water partition coefficient (Wildman–Crippen LogP) is 1.96. The molecule has 1 saturated heterocycles. The van der Waals surface area contributed by atoms with Crippen LogP contribution in [-0.2, 0) is 4.74 Å². The van der Waals surface area contributed by atoms with Crippen LogP contribution in [0.1, 0.15) is 36.0 Å². The van der Waals surface area contributed by atoms with Gasteiger partial charge in [0.25, 0.3) is 0 Å². The number of aromatic nitrogens is 1. The zero-order valence-electron chi connectivity index (χ0n) is 12.8. The normalized spacial score (nSPS) is 24.8. The molecule has 0 spiro atoms. The zero-order chi connectivity index (χ0) is 16.2. The van der Waals surface area contributed by atoms with Gasteiger partial charge in [-0.1, -0.05) is 0 Å². The Morgan fingerprint density at radius 2 is 2.00 bits per heavy atom. The maximum absolute atomic E-state index is 10.9. The molecule has 1 N–H and O–H groups in total. The van der Waals surface area contributed by atoms with Crippen molar-refractivity contribution in [1.82, 2.24) is 9.88 Å². The molecule has 124 valence electrons. The molecule has 2 fully saturated rings. The van der Waals surface area contributed by atoms with Crippen molar-refractivity contribution in [2.75, 3.05) is 13.1 Å². The van der Waals surface area contributed by atoms with Crippen LogP contribution in [0.4, 0.5) is 4.79 Å². The molecule has 0 atom stereocenters. The van der Waals surface area contributed by atoms with Gasteiger partial charge in [0.05, 0.1) is 12.2 Å². The molecule has 0 unspecified atom stereocenters. The largest absolute Gasteiger partial charge is 0.474 e. The monoisotopic (exact) mass is 320 g/mol. The van der Waals surface area contributed by atoms with Crippen LogP contribution in [0, 0.1) is 0 Å². The lowest BCUT2D eigenvalue weighted by atomic mass is 9.91. The van der Waals surface area contributed by atoms with Crippen LogP contribution >= 0.6 is 0 Å². The SMILES string of the molecule is O=Cc1ccnc(OC2CC(OC3CCN(C(=O)O)CC3)C2)c1. The van der Waals surface area contributed by atoms with Gasteiger partial charge in [-0.3, -0.25) is 4.79 Å². The summed E-state index contributed by atoms with van der Waals surface area (Å²) in [5.74, 6) is 0.466. The third-order valence-corrected chi connectivity index (χ3v) is 4.33. The average molecular weight is 320 g/mol. The van der Waals surface area contributed by atoms with Crippen LogP contribution < -0.4 is 4.74 Å². The van der Waals surface area contributed by atoms with Gasteiger partial charge in [0.2, 0.25) is 5.88 Å². The summed E-state index contributed by atoms with van der Waals surface area (Å²) in [5.41, 5.74) is 0.548. The Hall–Kier alpha value is -2.15. The molecule has 0 radical (unpaired) electrons. The van der Waals surface area contributed by atoms with Crippen LogP contribution in [-0.4, -0.2) is 58.8 Å². The minimum absolute atomic E-state index is 0.0634. The van der Waals surface area contributed by atoms with Crippen molar-refractivity contribution in [1.29, 1.82) is 0 Å². The number of nitrogens with zero attached hydrogens (tertiary/aromatic N) is 2. The fraction of sp³-hybridized carbons (Fsp3) is 0.562. The lowest BCUT2D eigenvalue weighted by Crippen LogP contribution is -2.45. The van der Waals surface area contributed by atoms with E-state index in [0.29, 0.717) is 24.5 Å². The number of ether oxygens (including phenoxy) is 2. The number of amides is 1. The molecule has 0 bridgehead atoms. The van der Waals surface area contributed by atoms with Gasteiger partial charge in [-0.15, -0.1) is 0 Å². The van der Waals surface area contributed by atoms with Crippen molar-refractivity contribution >= 4 is 12.4 Å². The summed E-state index contributed by atoms with van der Waals surface area (Å²) in [6.07, 6.45) is 4.92. The summed E-state index contributed by atoms with van der Waals surface area (Å²) in [7, 11) is 0. The van der Waals surface area contributed by atoms with Gasteiger partial charge in [0, 0.05) is 43.8 Å². The fourth-order valence-corrected chi connectivity index (χ4v) is 2.91. The Morgan fingerprint density at radius 1 is 1.26 bits per heavy atom. The topological polar surface area (TPSA) is 89.0 Å². The van der Waals surface area contributed by atoms with E-state index in [2.05, 4.69) is 4.98 Å². The average Bonchev–Trinajstić information content (AvgIpc) is 2.53. The molecule has 3 rings (SSSR count). The summed E-state index contributed by atoms with van der Waals surface area (Å²) in [6, 6.07) is 3.26. The highest BCUT2D eigenvalue weighted by atomic mass is 16.5. The number of carbonyl (C=O) groups is 2. The van der Waals surface area contributed by atoms with Crippen molar-refractivity contribution in [3.05, 3.63) is 23.9 Å².